The molecule has 1 aromatic carbocycles. The molecule has 2 aliphatic rings. The van der Waals surface area contributed by atoms with Crippen LogP contribution in [0.3, 0.4) is 0 Å². The summed E-state index contributed by atoms with van der Waals surface area (Å²) in [7, 11) is -1.84. The van der Waals surface area contributed by atoms with Crippen molar-refractivity contribution >= 4 is 15.9 Å². The molecule has 0 saturated carbocycles. The van der Waals surface area contributed by atoms with Crippen molar-refractivity contribution < 1.29 is 13.2 Å². The molecule has 0 unspecified atom stereocenters. The normalized spacial score (nSPS) is 18.3. The largest absolute Gasteiger partial charge is 0.335 e. The summed E-state index contributed by atoms with van der Waals surface area (Å²) in [5.41, 5.74) is 0.528. The fourth-order valence-corrected chi connectivity index (χ4v) is 5.61. The molecule has 2 saturated heterocycles. The smallest absolute Gasteiger partial charge is 0.257 e. The number of amides is 1. The van der Waals surface area contributed by atoms with Crippen molar-refractivity contribution in [3.63, 3.8) is 0 Å². The third kappa shape index (κ3) is 4.22. The Bertz CT molecular complexity index is 948. The molecular weight excluding hydrogens is 390 g/mol. The van der Waals surface area contributed by atoms with E-state index < -0.39 is 10.0 Å². The number of nitrogens with zero attached hydrogens (tertiary/aromatic N) is 5. The van der Waals surface area contributed by atoms with E-state index in [0.717, 1.165) is 19.6 Å². The first kappa shape index (κ1) is 20.1. The van der Waals surface area contributed by atoms with Crippen LogP contribution in [0, 0.1) is 0 Å². The molecular formula is C20H27N5O3S. The highest BCUT2D eigenvalue weighted by atomic mass is 32.2. The van der Waals surface area contributed by atoms with Crippen molar-refractivity contribution in [1.29, 1.82) is 0 Å². The number of aryl methyl sites for hydroxylation is 1. The number of carbonyl (C=O) groups excluding carboxylic acids is 1. The number of benzene rings is 1. The molecule has 0 N–H and O–H groups in total. The fourth-order valence-electron chi connectivity index (χ4n) is 3.99. The van der Waals surface area contributed by atoms with Crippen LogP contribution in [-0.2, 0) is 17.1 Å². The van der Waals surface area contributed by atoms with Crippen LogP contribution < -0.4 is 0 Å². The lowest BCUT2D eigenvalue weighted by Gasteiger charge is -2.44. The van der Waals surface area contributed by atoms with Crippen LogP contribution in [0.1, 0.15) is 23.2 Å². The number of sulfonamides is 1. The number of likely N-dealkylation sites (tertiary alicyclic amines) is 2. The van der Waals surface area contributed by atoms with Crippen LogP contribution in [-0.4, -0.2) is 83.5 Å². The zero-order valence-corrected chi connectivity index (χ0v) is 17.5. The minimum Gasteiger partial charge on any atom is -0.335 e. The zero-order chi connectivity index (χ0) is 20.4. The molecule has 156 valence electrons. The summed E-state index contributed by atoms with van der Waals surface area (Å²) in [5.74, 6) is -0.106. The van der Waals surface area contributed by atoms with Crippen molar-refractivity contribution in [2.24, 2.45) is 7.05 Å². The lowest BCUT2D eigenvalue weighted by atomic mass is 10.1. The first-order valence-electron chi connectivity index (χ1n) is 10.0. The number of aromatic nitrogens is 2. The topological polar surface area (TPSA) is 78.8 Å². The molecule has 9 heteroatoms. The van der Waals surface area contributed by atoms with Gasteiger partial charge >= 0.3 is 0 Å². The van der Waals surface area contributed by atoms with E-state index in [4.69, 9.17) is 0 Å². The predicted molar refractivity (Wildman–Crippen MR) is 109 cm³/mol. The van der Waals surface area contributed by atoms with Gasteiger partial charge in [-0.1, -0.05) is 18.2 Å². The van der Waals surface area contributed by atoms with Gasteiger partial charge in [0.1, 0.15) is 0 Å². The van der Waals surface area contributed by atoms with E-state index in [1.807, 2.05) is 6.07 Å². The van der Waals surface area contributed by atoms with Gasteiger partial charge in [0.2, 0.25) is 10.0 Å². The van der Waals surface area contributed by atoms with E-state index in [9.17, 15) is 13.2 Å². The van der Waals surface area contributed by atoms with E-state index in [1.54, 1.807) is 57.6 Å². The lowest BCUT2D eigenvalue weighted by molar-refractivity contribution is 0.0442. The van der Waals surface area contributed by atoms with Gasteiger partial charge in [0.25, 0.3) is 5.91 Å². The summed E-state index contributed by atoms with van der Waals surface area (Å²) < 4.78 is 29.8. The first-order valence-corrected chi connectivity index (χ1v) is 11.5. The molecule has 2 fully saturated rings. The second-order valence-corrected chi connectivity index (χ2v) is 9.63. The van der Waals surface area contributed by atoms with E-state index >= 15 is 0 Å². The van der Waals surface area contributed by atoms with Crippen LogP contribution in [0.4, 0.5) is 0 Å². The fraction of sp³-hybridized carbons (Fsp3) is 0.500. The van der Waals surface area contributed by atoms with Crippen LogP contribution in [0.25, 0.3) is 0 Å². The molecule has 0 bridgehead atoms. The molecule has 1 aromatic heterocycles. The molecule has 0 atom stereocenters. The molecule has 0 aliphatic carbocycles. The van der Waals surface area contributed by atoms with E-state index in [-0.39, 0.29) is 11.9 Å². The van der Waals surface area contributed by atoms with Crippen molar-refractivity contribution in [3.05, 3.63) is 48.3 Å². The van der Waals surface area contributed by atoms with Gasteiger partial charge < -0.3 is 9.80 Å². The Labute approximate surface area is 171 Å². The minimum atomic E-state index is -3.61. The standard InChI is InChI=1S/C20H27N5O3S/c1-22-14-17(13-21-22)20(26)24-15-18(16-24)25(12-11-23-9-5-6-10-23)29(27,28)19-7-3-2-4-8-19/h2-4,7-8,13-14,18H,5-6,9-12,15-16H2,1H3. The summed E-state index contributed by atoms with van der Waals surface area (Å²) in [6, 6.07) is 8.36. The van der Waals surface area contributed by atoms with Crippen molar-refractivity contribution in [2.75, 3.05) is 39.3 Å². The number of hydrogen-bond donors (Lipinski definition) is 0. The lowest BCUT2D eigenvalue weighted by Crippen LogP contribution is -2.63. The maximum Gasteiger partial charge on any atom is 0.257 e. The first-order chi connectivity index (χ1) is 13.9. The minimum absolute atomic E-state index is 0.106. The average Bonchev–Trinajstić information content (AvgIpc) is 3.35. The Morgan fingerprint density at radius 2 is 1.86 bits per heavy atom. The predicted octanol–water partition coefficient (Wildman–Crippen LogP) is 1.03. The Balaban J connectivity index is 1.48. The third-order valence-electron chi connectivity index (χ3n) is 5.69. The van der Waals surface area contributed by atoms with Gasteiger partial charge in [-0.15, -0.1) is 0 Å². The molecule has 2 aromatic rings. The second kappa shape index (κ2) is 8.25. The van der Waals surface area contributed by atoms with E-state index in [2.05, 4.69) is 10.00 Å². The van der Waals surface area contributed by atoms with Gasteiger partial charge in [0, 0.05) is 39.4 Å². The second-order valence-electron chi connectivity index (χ2n) is 7.74. The van der Waals surface area contributed by atoms with Gasteiger partial charge in [-0.2, -0.15) is 9.40 Å². The Kier molecular flexibility index (Phi) is 5.71. The van der Waals surface area contributed by atoms with Gasteiger partial charge in [0.15, 0.2) is 0 Å². The van der Waals surface area contributed by atoms with Gasteiger partial charge in [-0.25, -0.2) is 8.42 Å². The van der Waals surface area contributed by atoms with E-state index in [1.165, 1.54) is 12.8 Å². The SMILES string of the molecule is Cn1cc(C(=O)N2CC(N(CCN3CCCC3)S(=O)(=O)c3ccccc3)C2)cn1. The summed E-state index contributed by atoms with van der Waals surface area (Å²) in [4.78, 5) is 16.9. The quantitative estimate of drug-likeness (QED) is 0.672. The zero-order valence-electron chi connectivity index (χ0n) is 16.6. The highest BCUT2D eigenvalue weighted by Crippen LogP contribution is 2.25. The van der Waals surface area contributed by atoms with Gasteiger partial charge in [-0.3, -0.25) is 9.48 Å². The molecule has 0 radical (unpaired) electrons. The molecule has 1 amide bonds. The van der Waals surface area contributed by atoms with Crippen LogP contribution in [0.15, 0.2) is 47.6 Å². The van der Waals surface area contributed by atoms with Crippen LogP contribution in [0.5, 0.6) is 0 Å². The molecule has 2 aliphatic heterocycles. The molecule has 0 spiro atoms. The third-order valence-corrected chi connectivity index (χ3v) is 7.66. The Morgan fingerprint density at radius 3 is 2.48 bits per heavy atom. The summed E-state index contributed by atoms with van der Waals surface area (Å²) in [6.45, 7) is 4.01. The van der Waals surface area contributed by atoms with E-state index in [0.29, 0.717) is 30.1 Å². The number of hydrogen-bond acceptors (Lipinski definition) is 5. The van der Waals surface area contributed by atoms with Crippen molar-refractivity contribution in [1.82, 2.24) is 23.9 Å². The summed E-state index contributed by atoms with van der Waals surface area (Å²) >= 11 is 0. The molecule has 3 heterocycles. The van der Waals surface area contributed by atoms with Crippen LogP contribution in [0.2, 0.25) is 0 Å². The average molecular weight is 418 g/mol. The monoisotopic (exact) mass is 417 g/mol. The Hall–Kier alpha value is -2.23. The number of rotatable bonds is 7. The Morgan fingerprint density at radius 1 is 1.17 bits per heavy atom. The van der Waals surface area contributed by atoms with Crippen molar-refractivity contribution in [2.45, 2.75) is 23.8 Å². The maximum absolute atomic E-state index is 13.3. The van der Waals surface area contributed by atoms with Gasteiger partial charge in [-0.05, 0) is 38.1 Å². The molecule has 29 heavy (non-hydrogen) atoms. The van der Waals surface area contributed by atoms with Gasteiger partial charge in [0.05, 0.1) is 22.7 Å². The maximum atomic E-state index is 13.3. The molecule has 8 nitrogen and oxygen atoms in total. The highest BCUT2D eigenvalue weighted by molar-refractivity contribution is 7.89. The molecule has 4 rings (SSSR count). The number of carbonyl (C=O) groups is 1. The van der Waals surface area contributed by atoms with Crippen molar-refractivity contribution in [3.8, 4) is 0 Å². The summed E-state index contributed by atoms with van der Waals surface area (Å²) in [5, 5.41) is 4.04. The summed E-state index contributed by atoms with van der Waals surface area (Å²) in [6.07, 6.45) is 5.56. The van der Waals surface area contributed by atoms with Crippen LogP contribution >= 0.6 is 0 Å². The highest BCUT2D eigenvalue weighted by Gasteiger charge is 2.41.